The molecule has 2 radical (unpaired) electrons. The topological polar surface area (TPSA) is 0 Å². The Balaban J connectivity index is 2.25. The smallest absolute Gasteiger partial charge is 0.0964 e. The largest absolute Gasteiger partial charge is 0.113 e. The molecule has 0 aromatic heterocycles. The monoisotopic (exact) mass is 166 g/mol. The van der Waals surface area contributed by atoms with E-state index >= 15 is 0 Å². The summed E-state index contributed by atoms with van der Waals surface area (Å²) in [4.78, 5) is 0. The molecule has 0 fully saturated rings. The van der Waals surface area contributed by atoms with E-state index in [1.807, 2.05) is 18.2 Å². The van der Waals surface area contributed by atoms with Crippen molar-refractivity contribution in [2.45, 2.75) is 12.3 Å². The number of hydrogen-bond acceptors (Lipinski definition) is 0. The van der Waals surface area contributed by atoms with Gasteiger partial charge in [0.2, 0.25) is 0 Å². The summed E-state index contributed by atoms with van der Waals surface area (Å²) in [5, 5.41) is 0. The maximum Gasteiger partial charge on any atom is 0.113 e. The van der Waals surface area contributed by atoms with E-state index in [1.54, 1.807) is 0 Å². The molecule has 0 saturated carbocycles. The average Bonchev–Trinajstić information content (AvgIpc) is 2.19. The molecule has 62 valence electrons. The van der Waals surface area contributed by atoms with E-state index in [2.05, 4.69) is 30.4 Å². The predicted molar refractivity (Wildman–Crippen MR) is 57.5 cm³/mol. The highest BCUT2D eigenvalue weighted by molar-refractivity contribution is 6.32. The van der Waals surface area contributed by atoms with Gasteiger partial charge in [0.05, 0.1) is 0 Å². The van der Waals surface area contributed by atoms with Crippen molar-refractivity contribution >= 4 is 13.3 Å². The van der Waals surface area contributed by atoms with Crippen molar-refractivity contribution in [2.75, 3.05) is 0 Å². The second kappa shape index (κ2) is 3.65. The Morgan fingerprint density at radius 2 is 2.15 bits per heavy atom. The second-order valence-corrected chi connectivity index (χ2v) is 3.33. The molecule has 13 heavy (non-hydrogen) atoms. The van der Waals surface area contributed by atoms with Crippen LogP contribution < -0.4 is 5.46 Å². The third-order valence-corrected chi connectivity index (χ3v) is 2.32. The van der Waals surface area contributed by atoms with Crippen LogP contribution in [0.15, 0.2) is 48.6 Å². The lowest BCUT2D eigenvalue weighted by molar-refractivity contribution is 0.855. The van der Waals surface area contributed by atoms with Gasteiger partial charge in [-0.3, -0.25) is 0 Å². The fourth-order valence-electron chi connectivity index (χ4n) is 1.62. The quantitative estimate of drug-likeness (QED) is 0.560. The van der Waals surface area contributed by atoms with Crippen LogP contribution in [-0.4, -0.2) is 7.85 Å². The summed E-state index contributed by atoms with van der Waals surface area (Å²) in [5.41, 5.74) is 2.15. The fourth-order valence-corrected chi connectivity index (χ4v) is 1.62. The minimum Gasteiger partial charge on any atom is -0.0964 e. The highest BCUT2D eigenvalue weighted by atomic mass is 14.1. The molecule has 0 heterocycles. The standard InChI is InChI=1S/C12H11B/c13-12-8-4-7-11(9-12)10-5-2-1-3-6-10/h1-5,7-10H,6H2. The van der Waals surface area contributed by atoms with Crippen LogP contribution >= 0.6 is 0 Å². The van der Waals surface area contributed by atoms with Crippen LogP contribution in [-0.2, 0) is 0 Å². The summed E-state index contributed by atoms with van der Waals surface area (Å²) in [7, 11) is 5.72. The fraction of sp³-hybridized carbons (Fsp3) is 0.167. The molecule has 2 rings (SSSR count). The van der Waals surface area contributed by atoms with Crippen LogP contribution in [0.1, 0.15) is 17.9 Å². The zero-order chi connectivity index (χ0) is 9.10. The van der Waals surface area contributed by atoms with Crippen molar-refractivity contribution in [3.8, 4) is 0 Å². The molecule has 0 nitrogen and oxygen atoms in total. The van der Waals surface area contributed by atoms with Crippen LogP contribution in [0.3, 0.4) is 0 Å². The molecule has 1 heteroatoms. The van der Waals surface area contributed by atoms with E-state index in [4.69, 9.17) is 7.85 Å². The van der Waals surface area contributed by atoms with Crippen molar-refractivity contribution in [1.29, 1.82) is 0 Å². The summed E-state index contributed by atoms with van der Waals surface area (Å²) in [6, 6.07) is 8.11. The van der Waals surface area contributed by atoms with E-state index in [9.17, 15) is 0 Å². The molecule has 0 spiro atoms. The van der Waals surface area contributed by atoms with Gasteiger partial charge in [-0.05, 0) is 12.0 Å². The normalized spacial score (nSPS) is 20.5. The van der Waals surface area contributed by atoms with Gasteiger partial charge in [0.25, 0.3) is 0 Å². The van der Waals surface area contributed by atoms with Gasteiger partial charge in [-0.15, -0.1) is 0 Å². The van der Waals surface area contributed by atoms with Gasteiger partial charge >= 0.3 is 0 Å². The molecule has 1 aliphatic carbocycles. The molecular formula is C12H11B. The Morgan fingerprint density at radius 3 is 2.85 bits per heavy atom. The zero-order valence-corrected chi connectivity index (χ0v) is 7.48. The van der Waals surface area contributed by atoms with Gasteiger partial charge in [-0.25, -0.2) is 0 Å². The summed E-state index contributed by atoms with van der Waals surface area (Å²) in [5.74, 6) is 0.508. The molecule has 1 atom stereocenters. The van der Waals surface area contributed by atoms with Crippen molar-refractivity contribution in [2.24, 2.45) is 0 Å². The molecule has 0 bridgehead atoms. The van der Waals surface area contributed by atoms with Gasteiger partial charge in [0.15, 0.2) is 0 Å². The van der Waals surface area contributed by atoms with Gasteiger partial charge in [-0.1, -0.05) is 54.0 Å². The van der Waals surface area contributed by atoms with Crippen LogP contribution in [0, 0.1) is 0 Å². The SMILES string of the molecule is [B]c1cccc(C2C=CC=CC2)c1. The molecule has 1 aromatic rings. The van der Waals surface area contributed by atoms with Crippen molar-refractivity contribution in [1.82, 2.24) is 0 Å². The lowest BCUT2D eigenvalue weighted by atomic mass is 9.87. The third-order valence-electron chi connectivity index (χ3n) is 2.32. The van der Waals surface area contributed by atoms with Crippen LogP contribution in [0.25, 0.3) is 0 Å². The Bertz CT molecular complexity index is 350. The van der Waals surface area contributed by atoms with Crippen LogP contribution in [0.2, 0.25) is 0 Å². The Kier molecular flexibility index (Phi) is 2.35. The number of allylic oxidation sites excluding steroid dienone is 4. The van der Waals surface area contributed by atoms with Crippen LogP contribution in [0.5, 0.6) is 0 Å². The minimum absolute atomic E-state index is 0.508. The maximum atomic E-state index is 5.72. The summed E-state index contributed by atoms with van der Waals surface area (Å²) in [6.07, 6.45) is 9.67. The lowest BCUT2D eigenvalue weighted by Gasteiger charge is -2.13. The first-order valence-corrected chi connectivity index (χ1v) is 4.55. The predicted octanol–water partition coefficient (Wildman–Crippen LogP) is 2.08. The molecule has 0 amide bonds. The van der Waals surface area contributed by atoms with Gasteiger partial charge in [0.1, 0.15) is 7.85 Å². The number of rotatable bonds is 1. The van der Waals surface area contributed by atoms with Gasteiger partial charge < -0.3 is 0 Å². The number of hydrogen-bond donors (Lipinski definition) is 0. The van der Waals surface area contributed by atoms with Crippen LogP contribution in [0.4, 0.5) is 0 Å². The van der Waals surface area contributed by atoms with E-state index in [0.717, 1.165) is 11.9 Å². The minimum atomic E-state index is 0.508. The highest BCUT2D eigenvalue weighted by Crippen LogP contribution is 2.23. The van der Waals surface area contributed by atoms with E-state index in [0.29, 0.717) is 5.92 Å². The zero-order valence-electron chi connectivity index (χ0n) is 7.48. The summed E-state index contributed by atoms with van der Waals surface area (Å²) in [6.45, 7) is 0. The van der Waals surface area contributed by atoms with Crippen molar-refractivity contribution in [3.05, 3.63) is 54.1 Å². The molecule has 0 aliphatic heterocycles. The molecule has 0 saturated heterocycles. The first-order chi connectivity index (χ1) is 6.36. The molecule has 0 N–H and O–H groups in total. The lowest BCUT2D eigenvalue weighted by Crippen LogP contribution is -2.05. The third kappa shape index (κ3) is 1.92. The van der Waals surface area contributed by atoms with Gasteiger partial charge in [0, 0.05) is 5.92 Å². The Labute approximate surface area is 80.4 Å². The summed E-state index contributed by atoms with van der Waals surface area (Å²) >= 11 is 0. The summed E-state index contributed by atoms with van der Waals surface area (Å²) < 4.78 is 0. The Hall–Kier alpha value is -1.24. The van der Waals surface area contributed by atoms with Gasteiger partial charge in [-0.2, -0.15) is 0 Å². The van der Waals surface area contributed by atoms with Crippen molar-refractivity contribution < 1.29 is 0 Å². The maximum absolute atomic E-state index is 5.72. The average molecular weight is 166 g/mol. The van der Waals surface area contributed by atoms with E-state index < -0.39 is 0 Å². The molecule has 1 aliphatic rings. The number of benzene rings is 1. The van der Waals surface area contributed by atoms with E-state index in [1.165, 1.54) is 5.56 Å². The molecule has 1 aromatic carbocycles. The van der Waals surface area contributed by atoms with Crippen molar-refractivity contribution in [3.63, 3.8) is 0 Å². The van der Waals surface area contributed by atoms with E-state index in [-0.39, 0.29) is 0 Å². The first-order valence-electron chi connectivity index (χ1n) is 4.55. The first kappa shape index (κ1) is 8.37. The second-order valence-electron chi connectivity index (χ2n) is 3.33. The highest BCUT2D eigenvalue weighted by Gasteiger charge is 2.07. The Morgan fingerprint density at radius 1 is 1.23 bits per heavy atom. The molecular weight excluding hydrogens is 155 g/mol. The molecule has 1 unspecified atom stereocenters.